The van der Waals surface area contributed by atoms with Gasteiger partial charge in [0.15, 0.2) is 0 Å². The van der Waals surface area contributed by atoms with Gasteiger partial charge in [0.05, 0.1) is 23.4 Å². The van der Waals surface area contributed by atoms with Gasteiger partial charge in [0.25, 0.3) is 5.91 Å². The van der Waals surface area contributed by atoms with Crippen LogP contribution in [0.25, 0.3) is 0 Å². The minimum Gasteiger partial charge on any atom is -0.467 e. The Hall–Kier alpha value is -2.81. The summed E-state index contributed by atoms with van der Waals surface area (Å²) in [5.74, 6) is 0.176. The van der Waals surface area contributed by atoms with Crippen molar-refractivity contribution in [1.29, 1.82) is 0 Å². The first kappa shape index (κ1) is 19.9. The van der Waals surface area contributed by atoms with Gasteiger partial charge >= 0.3 is 0 Å². The van der Waals surface area contributed by atoms with Crippen molar-refractivity contribution in [3.63, 3.8) is 0 Å². The number of nitrogens with one attached hydrogen (secondary N) is 2. The van der Waals surface area contributed by atoms with E-state index in [-0.39, 0.29) is 28.6 Å². The topological polar surface area (TPSA) is 114 Å². The number of hydrogen-bond acceptors (Lipinski definition) is 5. The Morgan fingerprint density at radius 1 is 1.07 bits per heavy atom. The third-order valence-electron chi connectivity index (χ3n) is 3.95. The van der Waals surface area contributed by atoms with E-state index >= 15 is 0 Å². The molecule has 0 aliphatic carbocycles. The number of amides is 1. The summed E-state index contributed by atoms with van der Waals surface area (Å²) in [5.41, 5.74) is 1.37. The van der Waals surface area contributed by atoms with E-state index in [2.05, 4.69) is 10.6 Å². The fraction of sp³-hybridized carbons (Fsp3) is 0.105. The second-order valence-electron chi connectivity index (χ2n) is 5.97. The minimum absolute atomic E-state index is 0.0796. The van der Waals surface area contributed by atoms with Crippen LogP contribution in [0, 0.1) is 0 Å². The lowest BCUT2D eigenvalue weighted by atomic mass is 10.1. The van der Waals surface area contributed by atoms with Crippen LogP contribution >= 0.6 is 11.6 Å². The van der Waals surface area contributed by atoms with Crippen LogP contribution in [0.15, 0.2) is 70.2 Å². The van der Waals surface area contributed by atoms with Crippen molar-refractivity contribution in [2.45, 2.75) is 18.0 Å². The van der Waals surface area contributed by atoms with Crippen molar-refractivity contribution in [3.8, 4) is 0 Å². The van der Waals surface area contributed by atoms with Gasteiger partial charge in [-0.15, -0.1) is 0 Å². The molecule has 0 saturated carbocycles. The lowest BCUT2D eigenvalue weighted by Gasteiger charge is -2.14. The van der Waals surface area contributed by atoms with Gasteiger partial charge in [0, 0.05) is 12.2 Å². The van der Waals surface area contributed by atoms with Crippen molar-refractivity contribution >= 4 is 33.2 Å². The molecule has 1 aromatic heterocycles. The van der Waals surface area contributed by atoms with Crippen LogP contribution in [-0.4, -0.2) is 14.3 Å². The third kappa shape index (κ3) is 4.92. The van der Waals surface area contributed by atoms with E-state index in [1.165, 1.54) is 18.4 Å². The van der Waals surface area contributed by atoms with Crippen molar-refractivity contribution < 1.29 is 17.6 Å². The molecule has 7 nitrogen and oxygen atoms in total. The zero-order valence-electron chi connectivity index (χ0n) is 14.7. The Morgan fingerprint density at radius 2 is 1.82 bits per heavy atom. The Morgan fingerprint density at radius 3 is 2.46 bits per heavy atom. The number of carbonyl (C=O) groups is 1. The maximum absolute atomic E-state index is 12.7. The highest BCUT2D eigenvalue weighted by molar-refractivity contribution is 7.89. The van der Waals surface area contributed by atoms with Gasteiger partial charge in [-0.3, -0.25) is 4.79 Å². The number of primary sulfonamides is 1. The van der Waals surface area contributed by atoms with Gasteiger partial charge < -0.3 is 15.1 Å². The van der Waals surface area contributed by atoms with Gasteiger partial charge in [-0.2, -0.15) is 0 Å². The van der Waals surface area contributed by atoms with Crippen LogP contribution in [0.1, 0.15) is 21.7 Å². The molecule has 146 valence electrons. The second-order valence-corrected chi connectivity index (χ2v) is 7.91. The van der Waals surface area contributed by atoms with Crippen molar-refractivity contribution in [3.05, 3.63) is 82.8 Å². The molecular formula is C19H18ClN3O4S. The molecule has 0 bridgehead atoms. The predicted octanol–water partition coefficient (Wildman–Crippen LogP) is 3.12. The van der Waals surface area contributed by atoms with Crippen LogP contribution < -0.4 is 15.8 Å². The Bertz CT molecular complexity index is 1070. The monoisotopic (exact) mass is 419 g/mol. The molecular weight excluding hydrogens is 402 g/mol. The SMILES string of the molecule is NS(=O)(=O)c1cc(C(=O)NCc2ccccc2)c(NCc2ccco2)cc1Cl. The molecule has 0 atom stereocenters. The standard InChI is InChI=1S/C19H18ClN3O4S/c20-16-10-17(22-12-14-7-4-8-27-14)15(9-18(16)28(21,25)26)19(24)23-11-13-5-2-1-3-6-13/h1-10,22H,11-12H2,(H,23,24)(H2,21,25,26). The first-order valence-corrected chi connectivity index (χ1v) is 10.2. The molecule has 0 aliphatic heterocycles. The molecule has 4 N–H and O–H groups in total. The molecule has 28 heavy (non-hydrogen) atoms. The average Bonchev–Trinajstić information content (AvgIpc) is 3.18. The Labute approximate surface area is 167 Å². The summed E-state index contributed by atoms with van der Waals surface area (Å²) in [7, 11) is -4.09. The molecule has 0 fully saturated rings. The highest BCUT2D eigenvalue weighted by atomic mass is 35.5. The third-order valence-corrected chi connectivity index (χ3v) is 5.33. The molecule has 0 spiro atoms. The molecule has 0 radical (unpaired) electrons. The summed E-state index contributed by atoms with van der Waals surface area (Å²) in [4.78, 5) is 12.4. The quantitative estimate of drug-likeness (QED) is 0.544. The number of sulfonamides is 1. The van der Waals surface area contributed by atoms with Crippen LogP contribution in [0.3, 0.4) is 0 Å². The van der Waals surface area contributed by atoms with E-state index in [9.17, 15) is 13.2 Å². The number of carbonyl (C=O) groups excluding carboxylic acids is 1. The zero-order valence-corrected chi connectivity index (χ0v) is 16.3. The van der Waals surface area contributed by atoms with Gasteiger partial charge in [0.1, 0.15) is 10.7 Å². The van der Waals surface area contributed by atoms with E-state index in [4.69, 9.17) is 21.2 Å². The van der Waals surface area contributed by atoms with E-state index in [1.807, 2.05) is 30.3 Å². The zero-order chi connectivity index (χ0) is 20.1. The fourth-order valence-corrected chi connectivity index (χ4v) is 3.67. The van der Waals surface area contributed by atoms with E-state index in [0.29, 0.717) is 11.4 Å². The maximum Gasteiger partial charge on any atom is 0.253 e. The number of halogens is 1. The molecule has 0 aliphatic rings. The summed E-state index contributed by atoms with van der Waals surface area (Å²) >= 11 is 6.07. The van der Waals surface area contributed by atoms with Crippen LogP contribution in [0.4, 0.5) is 5.69 Å². The first-order valence-electron chi connectivity index (χ1n) is 8.29. The van der Waals surface area contributed by atoms with E-state index in [0.717, 1.165) is 5.56 Å². The molecule has 0 saturated heterocycles. The van der Waals surface area contributed by atoms with Crippen LogP contribution in [0.5, 0.6) is 0 Å². The number of hydrogen-bond donors (Lipinski definition) is 3. The number of anilines is 1. The van der Waals surface area contributed by atoms with Gasteiger partial charge in [-0.05, 0) is 29.8 Å². The minimum atomic E-state index is -4.09. The summed E-state index contributed by atoms with van der Waals surface area (Å²) < 4.78 is 28.8. The van der Waals surface area contributed by atoms with E-state index < -0.39 is 15.9 Å². The number of furan rings is 1. The highest BCUT2D eigenvalue weighted by Crippen LogP contribution is 2.29. The van der Waals surface area contributed by atoms with Crippen LogP contribution in [0.2, 0.25) is 5.02 Å². The maximum atomic E-state index is 12.7. The number of nitrogens with two attached hydrogens (primary N) is 1. The van der Waals surface area contributed by atoms with Gasteiger partial charge in [0.2, 0.25) is 10.0 Å². The first-order chi connectivity index (χ1) is 13.3. The van der Waals surface area contributed by atoms with Gasteiger partial charge in [-0.1, -0.05) is 41.9 Å². The van der Waals surface area contributed by atoms with Crippen molar-refractivity contribution in [1.82, 2.24) is 5.32 Å². The summed E-state index contributed by atoms with van der Waals surface area (Å²) in [5, 5.41) is 10.9. The average molecular weight is 420 g/mol. The molecule has 1 amide bonds. The van der Waals surface area contributed by atoms with Gasteiger partial charge in [-0.25, -0.2) is 13.6 Å². The van der Waals surface area contributed by atoms with E-state index in [1.54, 1.807) is 12.1 Å². The van der Waals surface area contributed by atoms with Crippen LogP contribution in [-0.2, 0) is 23.1 Å². The molecule has 0 unspecified atom stereocenters. The molecule has 3 rings (SSSR count). The normalized spacial score (nSPS) is 11.2. The molecule has 2 aromatic carbocycles. The fourth-order valence-electron chi connectivity index (χ4n) is 2.57. The number of rotatable bonds is 7. The lowest BCUT2D eigenvalue weighted by molar-refractivity contribution is 0.0951. The summed E-state index contributed by atoms with van der Waals surface area (Å²) in [6.45, 7) is 0.571. The number of benzene rings is 2. The largest absolute Gasteiger partial charge is 0.467 e. The Kier molecular flexibility index (Phi) is 6.03. The van der Waals surface area contributed by atoms with Crippen molar-refractivity contribution in [2.75, 3.05) is 5.32 Å². The Balaban J connectivity index is 1.89. The summed E-state index contributed by atoms with van der Waals surface area (Å²) in [6, 6.07) is 15.4. The molecule has 9 heteroatoms. The second kappa shape index (κ2) is 8.47. The lowest BCUT2D eigenvalue weighted by Crippen LogP contribution is -2.25. The smallest absolute Gasteiger partial charge is 0.253 e. The highest BCUT2D eigenvalue weighted by Gasteiger charge is 2.20. The molecule has 1 heterocycles. The molecule has 3 aromatic rings. The van der Waals surface area contributed by atoms with Crippen molar-refractivity contribution in [2.24, 2.45) is 5.14 Å². The predicted molar refractivity (Wildman–Crippen MR) is 106 cm³/mol. The summed E-state index contributed by atoms with van der Waals surface area (Å²) in [6.07, 6.45) is 1.53.